The van der Waals surface area contributed by atoms with E-state index in [9.17, 15) is 9.90 Å². The van der Waals surface area contributed by atoms with Gasteiger partial charge in [0.2, 0.25) is 0 Å². The highest BCUT2D eigenvalue weighted by molar-refractivity contribution is 5.89. The van der Waals surface area contributed by atoms with Gasteiger partial charge in [0.05, 0.1) is 17.1 Å². The van der Waals surface area contributed by atoms with Crippen molar-refractivity contribution in [2.24, 2.45) is 11.3 Å². The Morgan fingerprint density at radius 3 is 3.20 bits per heavy atom. The second kappa shape index (κ2) is 3.98. The number of hydrogen-bond donors (Lipinski definition) is 1. The second-order valence-corrected chi connectivity index (χ2v) is 5.90. The van der Waals surface area contributed by atoms with Gasteiger partial charge in [0.1, 0.15) is 11.4 Å². The van der Waals surface area contributed by atoms with E-state index in [0.717, 1.165) is 42.6 Å². The van der Waals surface area contributed by atoms with Crippen molar-refractivity contribution in [2.45, 2.75) is 19.3 Å². The highest BCUT2D eigenvalue weighted by Crippen LogP contribution is 2.50. The summed E-state index contributed by atoms with van der Waals surface area (Å²) in [5, 5.41) is 10.6. The molecular formula is C15H16N2O3. The number of hydrogen-bond acceptors (Lipinski definition) is 4. The van der Waals surface area contributed by atoms with E-state index in [1.165, 1.54) is 0 Å². The SMILES string of the molecule is O=C(O)[C@@]12CCC[C@H]1CN(c1nccc3occc13)C2. The van der Waals surface area contributed by atoms with Gasteiger partial charge in [-0.25, -0.2) is 4.98 Å². The predicted octanol–water partition coefficient (Wildman–Crippen LogP) is 2.52. The van der Waals surface area contributed by atoms with Crippen LogP contribution in [0.25, 0.3) is 11.0 Å². The summed E-state index contributed by atoms with van der Waals surface area (Å²) in [5.41, 5.74) is 0.226. The fourth-order valence-corrected chi connectivity index (χ4v) is 3.93. The number of pyridine rings is 1. The number of carbonyl (C=O) groups is 1. The van der Waals surface area contributed by atoms with Gasteiger partial charge in [0, 0.05) is 19.3 Å². The van der Waals surface area contributed by atoms with E-state index in [1.54, 1.807) is 12.5 Å². The van der Waals surface area contributed by atoms with E-state index < -0.39 is 11.4 Å². The quantitative estimate of drug-likeness (QED) is 0.910. The fraction of sp³-hybridized carbons (Fsp3) is 0.467. The number of furan rings is 1. The first kappa shape index (κ1) is 11.8. The zero-order valence-electron chi connectivity index (χ0n) is 11.1. The Kier molecular flexibility index (Phi) is 2.34. The van der Waals surface area contributed by atoms with E-state index >= 15 is 0 Å². The van der Waals surface area contributed by atoms with Crippen LogP contribution in [-0.4, -0.2) is 29.1 Å². The van der Waals surface area contributed by atoms with Crippen LogP contribution in [0.15, 0.2) is 29.0 Å². The van der Waals surface area contributed by atoms with Crippen LogP contribution in [0.3, 0.4) is 0 Å². The van der Waals surface area contributed by atoms with Crippen molar-refractivity contribution in [3.05, 3.63) is 24.6 Å². The Hall–Kier alpha value is -2.04. The van der Waals surface area contributed by atoms with Gasteiger partial charge in [0.15, 0.2) is 0 Å². The summed E-state index contributed by atoms with van der Waals surface area (Å²) >= 11 is 0. The van der Waals surface area contributed by atoms with Gasteiger partial charge in [-0.3, -0.25) is 4.79 Å². The molecular weight excluding hydrogens is 256 g/mol. The number of anilines is 1. The predicted molar refractivity (Wildman–Crippen MR) is 73.6 cm³/mol. The fourth-order valence-electron chi connectivity index (χ4n) is 3.93. The number of carboxylic acids is 1. The molecule has 5 heteroatoms. The minimum absolute atomic E-state index is 0.240. The van der Waals surface area contributed by atoms with Crippen molar-refractivity contribution in [3.8, 4) is 0 Å². The maximum atomic E-state index is 11.7. The van der Waals surface area contributed by atoms with E-state index in [1.807, 2.05) is 12.1 Å². The van der Waals surface area contributed by atoms with E-state index in [2.05, 4.69) is 9.88 Å². The van der Waals surface area contributed by atoms with Gasteiger partial charge in [-0.2, -0.15) is 0 Å². The third kappa shape index (κ3) is 1.43. The van der Waals surface area contributed by atoms with Gasteiger partial charge in [-0.05, 0) is 30.9 Å². The van der Waals surface area contributed by atoms with E-state index in [0.29, 0.717) is 6.54 Å². The molecule has 20 heavy (non-hydrogen) atoms. The van der Waals surface area contributed by atoms with Crippen molar-refractivity contribution >= 4 is 22.8 Å². The molecule has 2 aliphatic rings. The third-order valence-electron chi connectivity index (χ3n) is 4.96. The number of carboxylic acid groups (broad SMARTS) is 1. The van der Waals surface area contributed by atoms with Crippen molar-refractivity contribution in [1.82, 2.24) is 4.98 Å². The zero-order chi connectivity index (χ0) is 13.7. The second-order valence-electron chi connectivity index (χ2n) is 5.90. The molecule has 1 saturated heterocycles. The molecule has 1 aliphatic heterocycles. The molecule has 2 aromatic heterocycles. The number of fused-ring (bicyclic) bond motifs is 2. The highest BCUT2D eigenvalue weighted by atomic mass is 16.4. The summed E-state index contributed by atoms with van der Waals surface area (Å²) in [7, 11) is 0. The number of aromatic nitrogens is 1. The summed E-state index contributed by atoms with van der Waals surface area (Å²) in [6, 6.07) is 3.74. The molecule has 0 bridgehead atoms. The van der Waals surface area contributed by atoms with Crippen LogP contribution in [0.2, 0.25) is 0 Å². The standard InChI is InChI=1S/C15H16N2O3/c18-14(19)15-5-1-2-10(15)8-17(9-15)13-11-4-7-20-12(11)3-6-16-13/h3-4,6-7,10H,1-2,5,8-9H2,(H,18,19)/t10-,15+/m0/s1. The van der Waals surface area contributed by atoms with Crippen molar-refractivity contribution in [3.63, 3.8) is 0 Å². The highest BCUT2D eigenvalue weighted by Gasteiger charge is 2.55. The van der Waals surface area contributed by atoms with Crippen LogP contribution in [-0.2, 0) is 4.79 Å². The molecule has 1 aliphatic carbocycles. The summed E-state index contributed by atoms with van der Waals surface area (Å²) < 4.78 is 5.40. The zero-order valence-corrected chi connectivity index (χ0v) is 11.1. The Labute approximate surface area is 116 Å². The molecule has 0 amide bonds. The molecule has 1 saturated carbocycles. The normalized spacial score (nSPS) is 29.0. The lowest BCUT2D eigenvalue weighted by atomic mass is 9.81. The molecule has 104 valence electrons. The number of nitrogens with zero attached hydrogens (tertiary/aromatic N) is 2. The maximum absolute atomic E-state index is 11.7. The molecule has 3 heterocycles. The van der Waals surface area contributed by atoms with Gasteiger partial charge in [-0.15, -0.1) is 0 Å². The van der Waals surface area contributed by atoms with Crippen LogP contribution in [0.4, 0.5) is 5.82 Å². The van der Waals surface area contributed by atoms with Gasteiger partial charge >= 0.3 is 5.97 Å². The van der Waals surface area contributed by atoms with E-state index in [4.69, 9.17) is 4.42 Å². The van der Waals surface area contributed by atoms with Gasteiger partial charge in [-0.1, -0.05) is 6.42 Å². The molecule has 0 aromatic carbocycles. The summed E-state index contributed by atoms with van der Waals surface area (Å²) in [4.78, 5) is 18.3. The van der Waals surface area contributed by atoms with Crippen LogP contribution < -0.4 is 4.90 Å². The lowest BCUT2D eigenvalue weighted by Crippen LogP contribution is -2.35. The Morgan fingerprint density at radius 2 is 2.40 bits per heavy atom. The molecule has 2 atom stereocenters. The molecule has 0 spiro atoms. The van der Waals surface area contributed by atoms with Crippen LogP contribution in [0.1, 0.15) is 19.3 Å². The molecule has 0 unspecified atom stereocenters. The smallest absolute Gasteiger partial charge is 0.311 e. The Morgan fingerprint density at radius 1 is 1.50 bits per heavy atom. The molecule has 0 radical (unpaired) electrons. The molecule has 2 aromatic rings. The van der Waals surface area contributed by atoms with Gasteiger partial charge in [0.25, 0.3) is 0 Å². The average Bonchev–Trinajstić information content (AvgIpc) is 3.11. The first-order valence-electron chi connectivity index (χ1n) is 7.01. The molecule has 4 rings (SSSR count). The number of rotatable bonds is 2. The third-order valence-corrected chi connectivity index (χ3v) is 4.96. The maximum Gasteiger partial charge on any atom is 0.311 e. The van der Waals surface area contributed by atoms with Crippen LogP contribution in [0.5, 0.6) is 0 Å². The monoisotopic (exact) mass is 272 g/mol. The Balaban J connectivity index is 1.75. The van der Waals surface area contributed by atoms with Crippen LogP contribution in [0, 0.1) is 11.3 Å². The first-order valence-corrected chi connectivity index (χ1v) is 7.01. The topological polar surface area (TPSA) is 66.6 Å². The summed E-state index contributed by atoms with van der Waals surface area (Å²) in [5.74, 6) is 0.442. The summed E-state index contributed by atoms with van der Waals surface area (Å²) in [6.07, 6.45) is 6.19. The van der Waals surface area contributed by atoms with Crippen LogP contribution >= 0.6 is 0 Å². The summed E-state index contributed by atoms with van der Waals surface area (Å²) in [6.45, 7) is 1.34. The Bertz CT molecular complexity index is 681. The lowest BCUT2D eigenvalue weighted by molar-refractivity contribution is -0.149. The molecule has 1 N–H and O–H groups in total. The minimum atomic E-state index is -0.651. The molecule has 5 nitrogen and oxygen atoms in total. The first-order chi connectivity index (χ1) is 9.71. The van der Waals surface area contributed by atoms with Gasteiger partial charge < -0.3 is 14.4 Å². The van der Waals surface area contributed by atoms with Crippen molar-refractivity contribution in [2.75, 3.05) is 18.0 Å². The minimum Gasteiger partial charge on any atom is -0.481 e. The van der Waals surface area contributed by atoms with Crippen molar-refractivity contribution < 1.29 is 14.3 Å². The lowest BCUT2D eigenvalue weighted by Gasteiger charge is -2.23. The molecule has 2 fully saturated rings. The van der Waals surface area contributed by atoms with E-state index in [-0.39, 0.29) is 5.92 Å². The van der Waals surface area contributed by atoms with Crippen molar-refractivity contribution in [1.29, 1.82) is 0 Å². The number of aliphatic carboxylic acids is 1. The average molecular weight is 272 g/mol. The largest absolute Gasteiger partial charge is 0.481 e.